The molecule has 4 rings (SSSR count). The molecule has 1 atom stereocenters. The number of fused-ring (bicyclic) bond motifs is 1. The van der Waals surface area contributed by atoms with Gasteiger partial charge in [-0.15, -0.1) is 0 Å². The summed E-state index contributed by atoms with van der Waals surface area (Å²) in [5, 5.41) is 3.14. The average molecular weight is 443 g/mol. The average Bonchev–Trinajstić information content (AvgIpc) is 2.83. The summed E-state index contributed by atoms with van der Waals surface area (Å²) in [6, 6.07) is 23.9. The first kappa shape index (κ1) is 21.8. The zero-order chi connectivity index (χ0) is 23.2. The third-order valence-electron chi connectivity index (χ3n) is 4.92. The maximum atomic E-state index is 12.4. The summed E-state index contributed by atoms with van der Waals surface area (Å²) in [5.74, 6) is -0.500. The van der Waals surface area contributed by atoms with Crippen molar-refractivity contribution in [2.24, 2.45) is 0 Å². The summed E-state index contributed by atoms with van der Waals surface area (Å²) in [7, 11) is 0. The molecule has 7 heteroatoms. The molecule has 1 N–H and O–H groups in total. The summed E-state index contributed by atoms with van der Waals surface area (Å²) >= 11 is 0. The van der Waals surface area contributed by atoms with Crippen LogP contribution < -0.4 is 15.7 Å². The lowest BCUT2D eigenvalue weighted by Gasteiger charge is -2.14. The molecule has 0 radical (unpaired) electrons. The van der Waals surface area contributed by atoms with E-state index in [2.05, 4.69) is 5.32 Å². The van der Waals surface area contributed by atoms with E-state index in [9.17, 15) is 14.4 Å². The highest BCUT2D eigenvalue weighted by Gasteiger charge is 2.19. The summed E-state index contributed by atoms with van der Waals surface area (Å²) in [6.07, 6.45) is -0.736. The number of hydrogen-bond donors (Lipinski definition) is 1. The second kappa shape index (κ2) is 9.82. The molecule has 0 aliphatic heterocycles. The number of nitrogens with one attached hydrogen (secondary N) is 1. The Balaban J connectivity index is 1.43. The minimum Gasteiger partial charge on any atom is -0.445 e. The molecular formula is C26H21NO6. The van der Waals surface area contributed by atoms with Crippen molar-refractivity contribution in [2.45, 2.75) is 19.6 Å². The Labute approximate surface area is 189 Å². The fourth-order valence-electron chi connectivity index (χ4n) is 3.27. The molecule has 0 bridgehead atoms. The van der Waals surface area contributed by atoms with Crippen molar-refractivity contribution in [1.29, 1.82) is 0 Å². The normalized spacial score (nSPS) is 11.5. The van der Waals surface area contributed by atoms with E-state index < -0.39 is 23.7 Å². The van der Waals surface area contributed by atoms with Crippen molar-refractivity contribution in [3.63, 3.8) is 0 Å². The Morgan fingerprint density at radius 2 is 1.64 bits per heavy atom. The Morgan fingerprint density at radius 1 is 0.939 bits per heavy atom. The van der Waals surface area contributed by atoms with E-state index in [1.54, 1.807) is 12.1 Å². The van der Waals surface area contributed by atoms with Crippen LogP contribution in [0.1, 0.15) is 12.5 Å². The standard InChI is InChI=1S/C26H21NO6/c1-17(27-26(30)31-16-18-8-4-2-5-9-18)25(29)32-20-12-13-21-22(19-10-6-3-7-11-19)15-24(28)33-23(21)14-20/h2-15,17H,16H2,1H3,(H,27,30). The minimum absolute atomic E-state index is 0.0852. The van der Waals surface area contributed by atoms with Crippen molar-refractivity contribution < 1.29 is 23.5 Å². The molecule has 1 unspecified atom stereocenters. The van der Waals surface area contributed by atoms with E-state index in [0.717, 1.165) is 16.7 Å². The Hall–Kier alpha value is -4.39. The van der Waals surface area contributed by atoms with Crippen molar-refractivity contribution in [3.05, 3.63) is 101 Å². The van der Waals surface area contributed by atoms with Gasteiger partial charge >= 0.3 is 17.7 Å². The smallest absolute Gasteiger partial charge is 0.408 e. The number of hydrogen-bond acceptors (Lipinski definition) is 6. The van der Waals surface area contributed by atoms with Crippen molar-refractivity contribution in [1.82, 2.24) is 5.32 Å². The number of ether oxygens (including phenoxy) is 2. The Bertz CT molecular complexity index is 1330. The van der Waals surface area contributed by atoms with Gasteiger partial charge in [-0.25, -0.2) is 14.4 Å². The zero-order valence-corrected chi connectivity index (χ0v) is 17.8. The zero-order valence-electron chi connectivity index (χ0n) is 17.8. The van der Waals surface area contributed by atoms with E-state index in [1.807, 2.05) is 60.7 Å². The lowest BCUT2D eigenvalue weighted by molar-refractivity contribution is -0.136. The third-order valence-corrected chi connectivity index (χ3v) is 4.92. The topological polar surface area (TPSA) is 94.8 Å². The molecular weight excluding hydrogens is 422 g/mol. The van der Waals surface area contributed by atoms with Crippen LogP contribution in [0.15, 0.2) is 94.1 Å². The first-order valence-corrected chi connectivity index (χ1v) is 10.3. The number of benzene rings is 3. The number of esters is 1. The summed E-state index contributed by atoms with van der Waals surface area (Å²) in [6.45, 7) is 1.57. The quantitative estimate of drug-likeness (QED) is 0.264. The molecule has 0 aliphatic rings. The van der Waals surface area contributed by atoms with E-state index in [4.69, 9.17) is 13.9 Å². The van der Waals surface area contributed by atoms with Gasteiger partial charge in [0.05, 0.1) is 0 Å². The summed E-state index contributed by atoms with van der Waals surface area (Å²) in [5.41, 5.74) is 2.19. The predicted molar refractivity (Wildman–Crippen MR) is 123 cm³/mol. The number of amides is 1. The van der Waals surface area contributed by atoms with E-state index in [-0.39, 0.29) is 17.9 Å². The molecule has 1 amide bonds. The van der Waals surface area contributed by atoms with Crippen LogP contribution in [0.5, 0.6) is 5.75 Å². The van der Waals surface area contributed by atoms with Crippen LogP contribution in [0.3, 0.4) is 0 Å². The molecule has 0 spiro atoms. The molecule has 0 saturated heterocycles. The fourth-order valence-corrected chi connectivity index (χ4v) is 3.27. The van der Waals surface area contributed by atoms with Gasteiger partial charge in [0, 0.05) is 17.5 Å². The van der Waals surface area contributed by atoms with Crippen LogP contribution in [0.2, 0.25) is 0 Å². The second-order valence-electron chi connectivity index (χ2n) is 7.35. The molecule has 1 heterocycles. The molecule has 33 heavy (non-hydrogen) atoms. The van der Waals surface area contributed by atoms with Crippen LogP contribution >= 0.6 is 0 Å². The number of carbonyl (C=O) groups excluding carboxylic acids is 2. The molecule has 7 nitrogen and oxygen atoms in total. The monoisotopic (exact) mass is 443 g/mol. The van der Waals surface area contributed by atoms with Gasteiger partial charge in [0.25, 0.3) is 0 Å². The van der Waals surface area contributed by atoms with Crippen LogP contribution in [-0.4, -0.2) is 18.1 Å². The van der Waals surface area contributed by atoms with Gasteiger partial charge in [-0.05, 0) is 35.7 Å². The van der Waals surface area contributed by atoms with Gasteiger partial charge in [0.1, 0.15) is 24.0 Å². The predicted octanol–water partition coefficient (Wildman–Crippen LogP) is 4.68. The van der Waals surface area contributed by atoms with Gasteiger partial charge < -0.3 is 19.2 Å². The number of alkyl carbamates (subject to hydrolysis) is 1. The largest absolute Gasteiger partial charge is 0.445 e. The lowest BCUT2D eigenvalue weighted by Crippen LogP contribution is -2.41. The maximum absolute atomic E-state index is 12.4. The number of carbonyl (C=O) groups is 2. The summed E-state index contributed by atoms with van der Waals surface area (Å²) < 4.78 is 15.8. The van der Waals surface area contributed by atoms with E-state index in [1.165, 1.54) is 19.1 Å². The second-order valence-corrected chi connectivity index (χ2v) is 7.35. The molecule has 0 saturated carbocycles. The molecule has 166 valence electrons. The van der Waals surface area contributed by atoms with E-state index in [0.29, 0.717) is 5.39 Å². The lowest BCUT2D eigenvalue weighted by atomic mass is 10.0. The SMILES string of the molecule is CC(NC(=O)OCc1ccccc1)C(=O)Oc1ccc2c(-c3ccccc3)cc(=O)oc2c1. The summed E-state index contributed by atoms with van der Waals surface area (Å²) in [4.78, 5) is 36.5. The van der Waals surface area contributed by atoms with Gasteiger partial charge in [-0.1, -0.05) is 60.7 Å². The molecule has 4 aromatic rings. The highest BCUT2D eigenvalue weighted by Crippen LogP contribution is 2.29. The minimum atomic E-state index is -0.952. The first-order chi connectivity index (χ1) is 16.0. The Kier molecular flexibility index (Phi) is 6.50. The molecule has 0 aliphatic carbocycles. The highest BCUT2D eigenvalue weighted by molar-refractivity contribution is 5.94. The van der Waals surface area contributed by atoms with Gasteiger partial charge in [0.15, 0.2) is 0 Å². The van der Waals surface area contributed by atoms with Crippen LogP contribution in [0.25, 0.3) is 22.1 Å². The van der Waals surface area contributed by atoms with Crippen molar-refractivity contribution in [2.75, 3.05) is 0 Å². The van der Waals surface area contributed by atoms with Gasteiger partial charge in [-0.2, -0.15) is 0 Å². The fraction of sp³-hybridized carbons (Fsp3) is 0.115. The molecule has 3 aromatic carbocycles. The molecule has 0 fully saturated rings. The van der Waals surface area contributed by atoms with Gasteiger partial charge in [0.2, 0.25) is 0 Å². The van der Waals surface area contributed by atoms with E-state index >= 15 is 0 Å². The highest BCUT2D eigenvalue weighted by atomic mass is 16.6. The van der Waals surface area contributed by atoms with Gasteiger partial charge in [-0.3, -0.25) is 0 Å². The van der Waals surface area contributed by atoms with Crippen LogP contribution in [0, 0.1) is 0 Å². The van der Waals surface area contributed by atoms with Crippen LogP contribution in [-0.2, 0) is 16.1 Å². The first-order valence-electron chi connectivity index (χ1n) is 10.3. The van der Waals surface area contributed by atoms with Crippen molar-refractivity contribution in [3.8, 4) is 16.9 Å². The van der Waals surface area contributed by atoms with Crippen LogP contribution in [0.4, 0.5) is 4.79 Å². The Morgan fingerprint density at radius 3 is 2.36 bits per heavy atom. The maximum Gasteiger partial charge on any atom is 0.408 e. The third kappa shape index (κ3) is 5.46. The van der Waals surface area contributed by atoms with Crippen molar-refractivity contribution >= 4 is 23.0 Å². The number of rotatable bonds is 6. The molecule has 1 aromatic heterocycles.